The third-order valence-corrected chi connectivity index (χ3v) is 4.91. The maximum Gasteiger partial charge on any atom is 0.250 e. The number of carbonyl (C=O) groups is 2. The number of benzene rings is 2. The van der Waals surface area contributed by atoms with Crippen LogP contribution in [0.4, 0.5) is 5.69 Å². The molecule has 28 heavy (non-hydrogen) atoms. The number of aromatic nitrogens is 1. The predicted molar refractivity (Wildman–Crippen MR) is 107 cm³/mol. The summed E-state index contributed by atoms with van der Waals surface area (Å²) in [5.74, 6) is -0.261. The number of nitriles is 1. The summed E-state index contributed by atoms with van der Waals surface area (Å²) < 4.78 is 5.19. The number of primary amides is 1. The number of nitrogens with zero attached hydrogens (tertiary/aromatic N) is 2. The van der Waals surface area contributed by atoms with Gasteiger partial charge in [0.05, 0.1) is 35.2 Å². The van der Waals surface area contributed by atoms with Gasteiger partial charge in [-0.05, 0) is 36.4 Å². The molecule has 3 rings (SSSR count). The third kappa shape index (κ3) is 4.22. The van der Waals surface area contributed by atoms with Gasteiger partial charge in [0, 0.05) is 5.39 Å². The highest BCUT2D eigenvalue weighted by Crippen LogP contribution is 2.27. The van der Waals surface area contributed by atoms with Crippen LogP contribution in [0.25, 0.3) is 10.9 Å². The minimum absolute atomic E-state index is 0.0242. The molecule has 1 heterocycles. The summed E-state index contributed by atoms with van der Waals surface area (Å²) >= 11 is 1.14. The fourth-order valence-corrected chi connectivity index (χ4v) is 3.34. The zero-order valence-corrected chi connectivity index (χ0v) is 15.7. The van der Waals surface area contributed by atoms with Crippen molar-refractivity contribution in [1.29, 1.82) is 5.26 Å². The van der Waals surface area contributed by atoms with Crippen LogP contribution in [0, 0.1) is 11.3 Å². The zero-order valence-electron chi connectivity index (χ0n) is 14.9. The second-order valence-corrected chi connectivity index (χ2v) is 6.72. The number of ether oxygens (including phenoxy) is 1. The Hall–Kier alpha value is -3.57. The van der Waals surface area contributed by atoms with E-state index in [0.29, 0.717) is 27.5 Å². The number of carbonyl (C=O) groups excluding carboxylic acids is 2. The van der Waals surface area contributed by atoms with E-state index in [1.54, 1.807) is 49.6 Å². The lowest BCUT2D eigenvalue weighted by Gasteiger charge is -2.09. The van der Waals surface area contributed by atoms with Crippen molar-refractivity contribution in [3.8, 4) is 11.8 Å². The summed E-state index contributed by atoms with van der Waals surface area (Å²) in [5.41, 5.74) is 6.96. The molecule has 2 aromatic carbocycles. The molecule has 0 bridgehead atoms. The minimum atomic E-state index is -0.623. The van der Waals surface area contributed by atoms with Gasteiger partial charge in [-0.2, -0.15) is 5.26 Å². The Balaban J connectivity index is 1.77. The van der Waals surface area contributed by atoms with Crippen LogP contribution in [0.5, 0.6) is 5.75 Å². The first-order valence-corrected chi connectivity index (χ1v) is 9.20. The Kier molecular flexibility index (Phi) is 5.77. The maximum absolute atomic E-state index is 12.3. The first-order valence-electron chi connectivity index (χ1n) is 8.22. The SMILES string of the molecule is COc1ccc2nc(SCC(=O)Nc3ccccc3C(N)=O)c(C#N)cc2c1. The van der Waals surface area contributed by atoms with E-state index >= 15 is 0 Å². The van der Waals surface area contributed by atoms with Crippen molar-refractivity contribution in [3.63, 3.8) is 0 Å². The van der Waals surface area contributed by atoms with Crippen molar-refractivity contribution in [2.75, 3.05) is 18.2 Å². The van der Waals surface area contributed by atoms with Gasteiger partial charge in [0.2, 0.25) is 5.91 Å². The van der Waals surface area contributed by atoms with Gasteiger partial charge < -0.3 is 15.8 Å². The second kappa shape index (κ2) is 8.41. The lowest BCUT2D eigenvalue weighted by atomic mass is 10.1. The van der Waals surface area contributed by atoms with Crippen LogP contribution >= 0.6 is 11.8 Å². The van der Waals surface area contributed by atoms with Crippen LogP contribution in [-0.2, 0) is 4.79 Å². The number of hydrogen-bond donors (Lipinski definition) is 2. The van der Waals surface area contributed by atoms with Crippen LogP contribution in [0.15, 0.2) is 53.6 Å². The second-order valence-electron chi connectivity index (χ2n) is 5.76. The van der Waals surface area contributed by atoms with Crippen molar-refractivity contribution >= 4 is 40.2 Å². The molecule has 0 saturated heterocycles. The zero-order chi connectivity index (χ0) is 20.1. The molecule has 2 amide bonds. The number of para-hydroxylation sites is 1. The standard InChI is InChI=1S/C20H16N4O3S/c1-27-14-6-7-16-12(9-14)8-13(10-21)20(24-16)28-11-18(25)23-17-5-3-2-4-15(17)19(22)26/h2-9H,11H2,1H3,(H2,22,26)(H,23,25). The number of thioether (sulfide) groups is 1. The van der Waals surface area contributed by atoms with Crippen molar-refractivity contribution in [3.05, 3.63) is 59.7 Å². The van der Waals surface area contributed by atoms with Gasteiger partial charge in [0.25, 0.3) is 5.91 Å². The minimum Gasteiger partial charge on any atom is -0.497 e. The number of anilines is 1. The van der Waals surface area contributed by atoms with E-state index in [9.17, 15) is 14.9 Å². The molecular formula is C20H16N4O3S. The number of rotatable bonds is 6. The topological polar surface area (TPSA) is 118 Å². The van der Waals surface area contributed by atoms with Crippen molar-refractivity contribution in [1.82, 2.24) is 4.98 Å². The Morgan fingerprint density at radius 3 is 2.75 bits per heavy atom. The van der Waals surface area contributed by atoms with Crippen LogP contribution in [0.2, 0.25) is 0 Å². The summed E-state index contributed by atoms with van der Waals surface area (Å²) in [6.07, 6.45) is 0. The molecule has 7 nitrogen and oxygen atoms in total. The monoisotopic (exact) mass is 392 g/mol. The average molecular weight is 392 g/mol. The molecule has 1 aromatic heterocycles. The van der Waals surface area contributed by atoms with Crippen LogP contribution in [0.1, 0.15) is 15.9 Å². The van der Waals surface area contributed by atoms with Crippen molar-refractivity contribution in [2.45, 2.75) is 5.03 Å². The summed E-state index contributed by atoms with van der Waals surface area (Å²) in [6, 6.07) is 15.7. The van der Waals surface area contributed by atoms with Crippen LogP contribution < -0.4 is 15.8 Å². The Bertz CT molecular complexity index is 1110. The van der Waals surface area contributed by atoms with Gasteiger partial charge in [0.1, 0.15) is 16.8 Å². The highest BCUT2D eigenvalue weighted by Gasteiger charge is 2.13. The first-order chi connectivity index (χ1) is 13.5. The summed E-state index contributed by atoms with van der Waals surface area (Å²) in [4.78, 5) is 28.2. The van der Waals surface area contributed by atoms with Gasteiger partial charge in [-0.15, -0.1) is 0 Å². The number of hydrogen-bond acceptors (Lipinski definition) is 6. The number of fused-ring (bicyclic) bond motifs is 1. The average Bonchev–Trinajstić information content (AvgIpc) is 2.71. The Morgan fingerprint density at radius 1 is 1.25 bits per heavy atom. The van der Waals surface area contributed by atoms with E-state index in [-0.39, 0.29) is 17.2 Å². The van der Waals surface area contributed by atoms with E-state index in [1.165, 1.54) is 6.07 Å². The molecule has 0 aliphatic heterocycles. The molecule has 0 spiro atoms. The molecular weight excluding hydrogens is 376 g/mol. The molecule has 0 saturated carbocycles. The molecule has 0 fully saturated rings. The molecule has 3 aromatic rings. The van der Waals surface area contributed by atoms with Crippen molar-refractivity contribution in [2.24, 2.45) is 5.73 Å². The van der Waals surface area contributed by atoms with Gasteiger partial charge >= 0.3 is 0 Å². The quantitative estimate of drug-likeness (QED) is 0.623. The smallest absolute Gasteiger partial charge is 0.250 e. The fourth-order valence-electron chi connectivity index (χ4n) is 2.58. The van der Waals surface area contributed by atoms with Crippen molar-refractivity contribution < 1.29 is 14.3 Å². The molecule has 0 radical (unpaired) electrons. The molecule has 3 N–H and O–H groups in total. The highest BCUT2D eigenvalue weighted by molar-refractivity contribution is 8.00. The van der Waals surface area contributed by atoms with Gasteiger partial charge in [-0.25, -0.2) is 4.98 Å². The first kappa shape index (κ1) is 19.2. The highest BCUT2D eigenvalue weighted by atomic mass is 32.2. The Labute approximate surface area is 165 Å². The van der Waals surface area contributed by atoms with Gasteiger partial charge in [0.15, 0.2) is 0 Å². The lowest BCUT2D eigenvalue weighted by Crippen LogP contribution is -2.19. The number of methoxy groups -OCH3 is 1. The number of nitrogens with two attached hydrogens (primary N) is 1. The van der Waals surface area contributed by atoms with E-state index < -0.39 is 5.91 Å². The summed E-state index contributed by atoms with van der Waals surface area (Å²) in [7, 11) is 1.57. The summed E-state index contributed by atoms with van der Waals surface area (Å²) in [5, 5.41) is 13.3. The predicted octanol–water partition coefficient (Wildman–Crippen LogP) is 2.94. The fraction of sp³-hybridized carbons (Fsp3) is 0.100. The van der Waals surface area contributed by atoms with Gasteiger partial charge in [-0.1, -0.05) is 23.9 Å². The summed E-state index contributed by atoms with van der Waals surface area (Å²) in [6.45, 7) is 0. The molecule has 140 valence electrons. The largest absolute Gasteiger partial charge is 0.497 e. The van der Waals surface area contributed by atoms with E-state index in [0.717, 1.165) is 17.1 Å². The van der Waals surface area contributed by atoms with Crippen LogP contribution in [-0.4, -0.2) is 29.7 Å². The number of nitrogens with one attached hydrogen (secondary N) is 1. The molecule has 0 unspecified atom stereocenters. The molecule has 8 heteroatoms. The van der Waals surface area contributed by atoms with E-state index in [1.807, 2.05) is 0 Å². The lowest BCUT2D eigenvalue weighted by molar-refractivity contribution is -0.113. The van der Waals surface area contributed by atoms with Gasteiger partial charge in [-0.3, -0.25) is 9.59 Å². The normalized spacial score (nSPS) is 10.3. The third-order valence-electron chi connectivity index (χ3n) is 3.91. The maximum atomic E-state index is 12.3. The Morgan fingerprint density at radius 2 is 2.04 bits per heavy atom. The molecule has 0 aliphatic carbocycles. The van der Waals surface area contributed by atoms with E-state index in [2.05, 4.69) is 16.4 Å². The number of amides is 2. The molecule has 0 atom stereocenters. The van der Waals surface area contributed by atoms with Crippen LogP contribution in [0.3, 0.4) is 0 Å². The molecule has 0 aliphatic rings. The van der Waals surface area contributed by atoms with E-state index in [4.69, 9.17) is 10.5 Å². The number of pyridine rings is 1.